The highest BCUT2D eigenvalue weighted by molar-refractivity contribution is 5.94. The van der Waals surface area contributed by atoms with Crippen molar-refractivity contribution < 1.29 is 4.79 Å². The second kappa shape index (κ2) is 6.19. The first-order chi connectivity index (χ1) is 9.19. The number of amides is 1. The highest BCUT2D eigenvalue weighted by Crippen LogP contribution is 2.06. The van der Waals surface area contributed by atoms with Gasteiger partial charge in [0.1, 0.15) is 0 Å². The molecule has 0 fully saturated rings. The molecule has 2 rings (SSSR count). The summed E-state index contributed by atoms with van der Waals surface area (Å²) < 4.78 is 0. The van der Waals surface area contributed by atoms with Crippen molar-refractivity contribution in [3.63, 3.8) is 0 Å². The van der Waals surface area contributed by atoms with Gasteiger partial charge in [-0.15, -0.1) is 0 Å². The normalized spacial score (nSPS) is 10.2. The molecule has 2 heteroatoms. The molecule has 0 atom stereocenters. The van der Waals surface area contributed by atoms with Crippen molar-refractivity contribution in [1.29, 1.82) is 0 Å². The van der Waals surface area contributed by atoms with Crippen LogP contribution < -0.4 is 5.32 Å². The van der Waals surface area contributed by atoms with Crippen LogP contribution in [0.3, 0.4) is 0 Å². The SMILES string of the molecule is CCc1ccc(CNC(=O)c2ccc(C)cc2)cc1. The van der Waals surface area contributed by atoms with E-state index in [0.717, 1.165) is 17.5 Å². The van der Waals surface area contributed by atoms with Gasteiger partial charge in [-0.3, -0.25) is 4.79 Å². The van der Waals surface area contributed by atoms with Gasteiger partial charge >= 0.3 is 0 Å². The number of carbonyl (C=O) groups excluding carboxylic acids is 1. The Balaban J connectivity index is 1.94. The third-order valence-corrected chi connectivity index (χ3v) is 3.20. The monoisotopic (exact) mass is 253 g/mol. The lowest BCUT2D eigenvalue weighted by Gasteiger charge is -2.06. The van der Waals surface area contributed by atoms with Gasteiger partial charge in [0.05, 0.1) is 0 Å². The molecule has 2 aromatic rings. The molecule has 0 radical (unpaired) electrons. The number of nitrogens with one attached hydrogen (secondary N) is 1. The quantitative estimate of drug-likeness (QED) is 0.888. The van der Waals surface area contributed by atoms with E-state index in [1.807, 2.05) is 31.2 Å². The summed E-state index contributed by atoms with van der Waals surface area (Å²) >= 11 is 0. The zero-order valence-electron chi connectivity index (χ0n) is 11.4. The molecule has 1 amide bonds. The lowest BCUT2D eigenvalue weighted by Crippen LogP contribution is -2.22. The molecule has 0 aliphatic heterocycles. The lowest BCUT2D eigenvalue weighted by molar-refractivity contribution is 0.0951. The summed E-state index contributed by atoms with van der Waals surface area (Å²) in [4.78, 5) is 11.9. The van der Waals surface area contributed by atoms with Crippen molar-refractivity contribution in [2.45, 2.75) is 26.8 Å². The van der Waals surface area contributed by atoms with Crippen LogP contribution in [0.4, 0.5) is 0 Å². The van der Waals surface area contributed by atoms with Gasteiger partial charge in [0.2, 0.25) is 0 Å². The highest BCUT2D eigenvalue weighted by atomic mass is 16.1. The predicted molar refractivity (Wildman–Crippen MR) is 78.2 cm³/mol. The van der Waals surface area contributed by atoms with Gasteiger partial charge in [0.15, 0.2) is 0 Å². The Kier molecular flexibility index (Phi) is 4.35. The van der Waals surface area contributed by atoms with Gasteiger partial charge in [-0.1, -0.05) is 48.9 Å². The third kappa shape index (κ3) is 3.68. The number of hydrogen-bond acceptors (Lipinski definition) is 1. The van der Waals surface area contributed by atoms with Gasteiger partial charge in [-0.05, 0) is 36.6 Å². The summed E-state index contributed by atoms with van der Waals surface area (Å²) in [5.74, 6) is -0.0282. The van der Waals surface area contributed by atoms with Gasteiger partial charge in [-0.25, -0.2) is 0 Å². The van der Waals surface area contributed by atoms with Gasteiger partial charge in [0, 0.05) is 12.1 Å². The molecule has 0 unspecified atom stereocenters. The second-order valence-electron chi connectivity index (χ2n) is 4.72. The molecule has 0 bridgehead atoms. The van der Waals surface area contributed by atoms with E-state index in [1.54, 1.807) is 0 Å². The first-order valence-electron chi connectivity index (χ1n) is 6.61. The molecule has 19 heavy (non-hydrogen) atoms. The van der Waals surface area contributed by atoms with E-state index in [2.05, 4.69) is 36.5 Å². The number of benzene rings is 2. The summed E-state index contributed by atoms with van der Waals surface area (Å²) in [7, 11) is 0. The van der Waals surface area contributed by atoms with Crippen LogP contribution in [-0.4, -0.2) is 5.91 Å². The van der Waals surface area contributed by atoms with Crippen molar-refractivity contribution in [2.75, 3.05) is 0 Å². The van der Waals surface area contributed by atoms with Gasteiger partial charge in [0.25, 0.3) is 5.91 Å². The number of rotatable bonds is 4. The van der Waals surface area contributed by atoms with Crippen molar-refractivity contribution in [3.05, 3.63) is 70.8 Å². The van der Waals surface area contributed by atoms with E-state index in [-0.39, 0.29) is 5.91 Å². The maximum atomic E-state index is 11.9. The van der Waals surface area contributed by atoms with E-state index < -0.39 is 0 Å². The molecular formula is C17H19NO. The average Bonchev–Trinajstić information content (AvgIpc) is 2.46. The lowest BCUT2D eigenvalue weighted by atomic mass is 10.1. The standard InChI is InChI=1S/C17H19NO/c1-3-14-6-8-15(9-7-14)12-18-17(19)16-10-4-13(2)5-11-16/h4-11H,3,12H2,1-2H3,(H,18,19). The van der Waals surface area contributed by atoms with Crippen LogP contribution in [-0.2, 0) is 13.0 Å². The predicted octanol–water partition coefficient (Wildman–Crippen LogP) is 3.49. The topological polar surface area (TPSA) is 29.1 Å². The van der Waals surface area contributed by atoms with E-state index in [9.17, 15) is 4.79 Å². The minimum atomic E-state index is -0.0282. The Labute approximate surface area is 114 Å². The third-order valence-electron chi connectivity index (χ3n) is 3.20. The molecule has 0 aliphatic rings. The number of hydrogen-bond donors (Lipinski definition) is 1. The van der Waals surface area contributed by atoms with Crippen LogP contribution in [0.15, 0.2) is 48.5 Å². The van der Waals surface area contributed by atoms with Gasteiger partial charge < -0.3 is 5.32 Å². The fourth-order valence-electron chi connectivity index (χ4n) is 1.88. The highest BCUT2D eigenvalue weighted by Gasteiger charge is 2.04. The zero-order chi connectivity index (χ0) is 13.7. The van der Waals surface area contributed by atoms with Crippen molar-refractivity contribution >= 4 is 5.91 Å². The molecule has 0 aliphatic carbocycles. The van der Waals surface area contributed by atoms with Crippen LogP contribution in [0, 0.1) is 6.92 Å². The van der Waals surface area contributed by atoms with Crippen LogP contribution in [0.5, 0.6) is 0 Å². The minimum absolute atomic E-state index is 0.0282. The van der Waals surface area contributed by atoms with Crippen LogP contribution in [0.1, 0.15) is 34.0 Å². The first-order valence-corrected chi connectivity index (χ1v) is 6.61. The maximum absolute atomic E-state index is 11.9. The van der Waals surface area contributed by atoms with E-state index in [4.69, 9.17) is 0 Å². The number of carbonyl (C=O) groups is 1. The van der Waals surface area contributed by atoms with E-state index in [0.29, 0.717) is 12.1 Å². The Hall–Kier alpha value is -2.09. The molecule has 0 saturated carbocycles. The van der Waals surface area contributed by atoms with Crippen LogP contribution in [0.2, 0.25) is 0 Å². The largest absolute Gasteiger partial charge is 0.348 e. The summed E-state index contributed by atoms with van der Waals surface area (Å²) in [6, 6.07) is 15.9. The summed E-state index contributed by atoms with van der Waals surface area (Å²) in [6.07, 6.45) is 1.04. The van der Waals surface area contributed by atoms with Crippen molar-refractivity contribution in [3.8, 4) is 0 Å². The first kappa shape index (κ1) is 13.3. The molecule has 0 spiro atoms. The Morgan fingerprint density at radius 3 is 2.11 bits per heavy atom. The Morgan fingerprint density at radius 2 is 1.53 bits per heavy atom. The Bertz CT molecular complexity index is 540. The molecule has 0 aromatic heterocycles. The van der Waals surface area contributed by atoms with Crippen LogP contribution in [0.25, 0.3) is 0 Å². The van der Waals surface area contributed by atoms with Crippen molar-refractivity contribution in [1.82, 2.24) is 5.32 Å². The molecule has 1 N–H and O–H groups in total. The summed E-state index contributed by atoms with van der Waals surface area (Å²) in [6.45, 7) is 4.71. The van der Waals surface area contributed by atoms with Gasteiger partial charge in [-0.2, -0.15) is 0 Å². The Morgan fingerprint density at radius 1 is 0.947 bits per heavy atom. The fraction of sp³-hybridized carbons (Fsp3) is 0.235. The summed E-state index contributed by atoms with van der Waals surface area (Å²) in [5.41, 5.74) is 4.30. The minimum Gasteiger partial charge on any atom is -0.348 e. The molecule has 0 saturated heterocycles. The molecule has 2 nitrogen and oxygen atoms in total. The second-order valence-corrected chi connectivity index (χ2v) is 4.72. The molecular weight excluding hydrogens is 234 g/mol. The van der Waals surface area contributed by atoms with Crippen LogP contribution >= 0.6 is 0 Å². The summed E-state index contributed by atoms with van der Waals surface area (Å²) in [5, 5.41) is 2.93. The van der Waals surface area contributed by atoms with Crippen molar-refractivity contribution in [2.24, 2.45) is 0 Å². The number of aryl methyl sites for hydroxylation is 2. The molecule has 2 aromatic carbocycles. The maximum Gasteiger partial charge on any atom is 0.251 e. The zero-order valence-corrected chi connectivity index (χ0v) is 11.4. The molecule has 0 heterocycles. The smallest absolute Gasteiger partial charge is 0.251 e. The molecule has 98 valence electrons. The van der Waals surface area contributed by atoms with E-state index >= 15 is 0 Å². The fourth-order valence-corrected chi connectivity index (χ4v) is 1.88. The average molecular weight is 253 g/mol. The van der Waals surface area contributed by atoms with E-state index in [1.165, 1.54) is 5.56 Å².